The molecule has 5 aliphatic carbocycles. The van der Waals surface area contributed by atoms with Crippen molar-refractivity contribution in [3.05, 3.63) is 64.1 Å². The van der Waals surface area contributed by atoms with Gasteiger partial charge in [-0.15, -0.1) is 0 Å². The van der Waals surface area contributed by atoms with Gasteiger partial charge in [0.05, 0.1) is 33.4 Å². The Labute approximate surface area is 254 Å². The third-order valence-electron chi connectivity index (χ3n) is 10.8. The summed E-state index contributed by atoms with van der Waals surface area (Å²) in [7, 11) is 0. The first kappa shape index (κ1) is 27.6. The quantitative estimate of drug-likeness (QED) is 0.264. The molecule has 0 saturated heterocycles. The number of halogens is 1. The summed E-state index contributed by atoms with van der Waals surface area (Å²) in [6.45, 7) is 3.91. The monoisotopic (exact) mass is 629 g/mol. The summed E-state index contributed by atoms with van der Waals surface area (Å²) in [6, 6.07) is 15.7. The lowest BCUT2D eigenvalue weighted by atomic mass is 9.51. The van der Waals surface area contributed by atoms with Gasteiger partial charge >= 0.3 is 5.97 Å². The van der Waals surface area contributed by atoms with E-state index in [-0.39, 0.29) is 17.4 Å². The van der Waals surface area contributed by atoms with Crippen LogP contribution in [0.3, 0.4) is 0 Å². The maximum absolute atomic E-state index is 14.5. The maximum atomic E-state index is 14.5. The van der Waals surface area contributed by atoms with E-state index in [2.05, 4.69) is 21.2 Å². The topological polar surface area (TPSA) is 101 Å². The number of carboxylic acids is 1. The zero-order valence-corrected chi connectivity index (χ0v) is 25.7. The van der Waals surface area contributed by atoms with Crippen molar-refractivity contribution in [1.29, 1.82) is 0 Å². The smallest absolute Gasteiger partial charge is 0.310 e. The SMILES string of the molecule is Cc1c(-c2ccccc2)nc2ccc(Br)cc2c1C(=O)NC12CCC(C(=O)O)(CC1)[C@@H](C)/C2=N\OC1(C2CC2)CCC1. The molecule has 2 N–H and O–H groups in total. The predicted octanol–water partition coefficient (Wildman–Crippen LogP) is 7.44. The van der Waals surface area contributed by atoms with Crippen molar-refractivity contribution in [2.45, 2.75) is 82.8 Å². The van der Waals surface area contributed by atoms with Gasteiger partial charge in [-0.2, -0.15) is 0 Å². The minimum Gasteiger partial charge on any atom is -0.481 e. The van der Waals surface area contributed by atoms with Crippen molar-refractivity contribution < 1.29 is 19.5 Å². The molecular weight excluding hydrogens is 594 g/mol. The van der Waals surface area contributed by atoms with Crippen molar-refractivity contribution in [1.82, 2.24) is 10.3 Å². The summed E-state index contributed by atoms with van der Waals surface area (Å²) in [5.74, 6) is -0.790. The highest BCUT2D eigenvalue weighted by Crippen LogP contribution is 2.56. The third kappa shape index (κ3) is 4.20. The fourth-order valence-corrected chi connectivity index (χ4v) is 8.23. The number of nitrogens with one attached hydrogen (secondary N) is 1. The average molecular weight is 631 g/mol. The highest BCUT2D eigenvalue weighted by atomic mass is 79.9. The number of aliphatic carboxylic acids is 1. The molecule has 5 saturated carbocycles. The number of benzene rings is 2. The van der Waals surface area contributed by atoms with Crippen molar-refractivity contribution >= 4 is 44.4 Å². The highest BCUT2D eigenvalue weighted by Gasteiger charge is 2.62. The molecule has 7 nitrogen and oxygen atoms in total. The van der Waals surface area contributed by atoms with E-state index in [9.17, 15) is 14.7 Å². The van der Waals surface area contributed by atoms with Crippen molar-refractivity contribution in [2.75, 3.05) is 0 Å². The fraction of sp³-hybridized carbons (Fsp3) is 0.471. The number of hydrogen-bond acceptors (Lipinski definition) is 5. The van der Waals surface area contributed by atoms with Crippen LogP contribution in [0.15, 0.2) is 58.2 Å². The normalized spacial score (nSPS) is 28.8. The van der Waals surface area contributed by atoms with Gasteiger partial charge in [0.15, 0.2) is 0 Å². The number of fused-ring (bicyclic) bond motifs is 4. The molecule has 0 spiro atoms. The van der Waals surface area contributed by atoms with Gasteiger partial charge in [-0.1, -0.05) is 58.3 Å². The van der Waals surface area contributed by atoms with Crippen LogP contribution in [0.5, 0.6) is 0 Å². The molecule has 1 heterocycles. The number of hydrogen-bond donors (Lipinski definition) is 2. The minimum absolute atomic E-state index is 0.194. The van der Waals surface area contributed by atoms with Crippen LogP contribution in [0.25, 0.3) is 22.2 Å². The number of carbonyl (C=O) groups is 2. The van der Waals surface area contributed by atoms with Gasteiger partial charge in [-0.3, -0.25) is 9.59 Å². The van der Waals surface area contributed by atoms with Crippen molar-refractivity contribution in [3.8, 4) is 11.3 Å². The molecule has 0 radical (unpaired) electrons. The maximum Gasteiger partial charge on any atom is 0.310 e. The van der Waals surface area contributed by atoms with Crippen LogP contribution >= 0.6 is 15.9 Å². The molecule has 5 aliphatic rings. The first-order valence-corrected chi connectivity index (χ1v) is 16.0. The molecule has 8 heteroatoms. The van der Waals surface area contributed by atoms with E-state index >= 15 is 0 Å². The van der Waals surface area contributed by atoms with Gasteiger partial charge in [-0.05, 0) is 88.5 Å². The molecule has 0 aliphatic heterocycles. The van der Waals surface area contributed by atoms with E-state index in [1.807, 2.05) is 62.4 Å². The summed E-state index contributed by atoms with van der Waals surface area (Å²) < 4.78 is 0.868. The Kier molecular flexibility index (Phi) is 6.50. The molecule has 0 unspecified atom stereocenters. The zero-order chi connectivity index (χ0) is 29.3. The second-order valence-corrected chi connectivity index (χ2v) is 13.9. The molecule has 2 bridgehead atoms. The summed E-state index contributed by atoms with van der Waals surface area (Å²) in [5, 5.41) is 19.4. The zero-order valence-electron chi connectivity index (χ0n) is 24.1. The summed E-state index contributed by atoms with van der Waals surface area (Å²) in [4.78, 5) is 38.5. The third-order valence-corrected chi connectivity index (χ3v) is 11.3. The standard InChI is InChI=1S/C34H36BrN3O4/c1-20-27(25-19-24(35)11-12-26(25)36-28(20)22-7-4-3-5-8-22)30(39)37-33-17-15-32(16-18-33,31(40)41)21(2)29(33)38-42-34(13-6-14-34)23-9-10-23/h3-5,7-8,11-12,19,21,23H,6,9-10,13-18H2,1-2H3,(H,37,39)(H,40,41)/b38-29+/t21-,32?,33?/m0/s1. The fourth-order valence-electron chi connectivity index (χ4n) is 7.87. The Morgan fingerprint density at radius 1 is 1.05 bits per heavy atom. The Hall–Kier alpha value is -3.26. The van der Waals surface area contributed by atoms with Crippen LogP contribution in [-0.4, -0.2) is 38.8 Å². The van der Waals surface area contributed by atoms with Crippen LogP contribution in [0, 0.1) is 24.2 Å². The van der Waals surface area contributed by atoms with E-state index in [1.165, 1.54) is 0 Å². The van der Waals surface area contributed by atoms with Gasteiger partial charge in [0.25, 0.3) is 5.91 Å². The first-order valence-electron chi connectivity index (χ1n) is 15.2. The summed E-state index contributed by atoms with van der Waals surface area (Å²) in [6.07, 6.45) is 7.46. The lowest BCUT2D eigenvalue weighted by Gasteiger charge is -2.55. The number of amides is 1. The summed E-state index contributed by atoms with van der Waals surface area (Å²) in [5.41, 5.74) is 2.66. The molecule has 42 heavy (non-hydrogen) atoms. The number of pyridine rings is 1. The van der Waals surface area contributed by atoms with Gasteiger partial charge in [-0.25, -0.2) is 4.98 Å². The van der Waals surface area contributed by atoms with E-state index < -0.39 is 16.9 Å². The van der Waals surface area contributed by atoms with Crippen LogP contribution in [0.4, 0.5) is 0 Å². The number of carboxylic acid groups (broad SMARTS) is 1. The molecule has 1 aromatic heterocycles. The Balaban J connectivity index is 1.31. The van der Waals surface area contributed by atoms with Crippen LogP contribution in [0.1, 0.15) is 80.6 Å². The predicted molar refractivity (Wildman–Crippen MR) is 165 cm³/mol. The molecule has 1 amide bonds. The minimum atomic E-state index is -0.883. The van der Waals surface area contributed by atoms with E-state index in [4.69, 9.17) is 15.0 Å². The number of oxime groups is 1. The largest absolute Gasteiger partial charge is 0.481 e. The Morgan fingerprint density at radius 3 is 2.38 bits per heavy atom. The Morgan fingerprint density at radius 2 is 1.76 bits per heavy atom. The first-order chi connectivity index (χ1) is 20.2. The molecule has 1 atom stereocenters. The van der Waals surface area contributed by atoms with E-state index in [0.29, 0.717) is 42.9 Å². The number of nitrogens with zero attached hydrogens (tertiary/aromatic N) is 2. The number of aromatic nitrogens is 1. The van der Waals surface area contributed by atoms with Gasteiger partial charge in [0, 0.05) is 27.3 Å². The Bertz CT molecular complexity index is 1620. The average Bonchev–Trinajstić information content (AvgIpc) is 3.80. The van der Waals surface area contributed by atoms with Gasteiger partial charge in [0.2, 0.25) is 0 Å². The number of carbonyl (C=O) groups excluding carboxylic acids is 1. The molecular formula is C34H36BrN3O4. The second-order valence-electron chi connectivity index (χ2n) is 13.0. The van der Waals surface area contributed by atoms with Crippen molar-refractivity contribution in [3.63, 3.8) is 0 Å². The van der Waals surface area contributed by atoms with Gasteiger partial charge in [0.1, 0.15) is 5.60 Å². The number of rotatable bonds is 7. The molecule has 8 rings (SSSR count). The second kappa shape index (κ2) is 9.90. The van der Waals surface area contributed by atoms with Crippen molar-refractivity contribution in [2.24, 2.45) is 22.4 Å². The lowest BCUT2D eigenvalue weighted by Crippen LogP contribution is -2.67. The molecule has 218 valence electrons. The van der Waals surface area contributed by atoms with E-state index in [1.54, 1.807) is 0 Å². The molecule has 5 fully saturated rings. The van der Waals surface area contributed by atoms with Crippen LogP contribution in [0.2, 0.25) is 0 Å². The molecule has 2 aromatic carbocycles. The lowest BCUT2D eigenvalue weighted by molar-refractivity contribution is -0.156. The van der Waals surface area contributed by atoms with Gasteiger partial charge < -0.3 is 15.3 Å². The van der Waals surface area contributed by atoms with Crippen LogP contribution in [-0.2, 0) is 9.63 Å². The van der Waals surface area contributed by atoms with E-state index in [0.717, 1.165) is 64.3 Å². The summed E-state index contributed by atoms with van der Waals surface area (Å²) >= 11 is 3.59. The highest BCUT2D eigenvalue weighted by molar-refractivity contribution is 9.10. The van der Waals surface area contributed by atoms with Crippen LogP contribution < -0.4 is 5.32 Å². The molecule has 3 aromatic rings.